The van der Waals surface area contributed by atoms with Crippen LogP contribution in [-0.2, 0) is 9.47 Å². The van der Waals surface area contributed by atoms with Gasteiger partial charge in [0.2, 0.25) is 0 Å². The van der Waals surface area contributed by atoms with Crippen molar-refractivity contribution in [2.75, 3.05) is 13.2 Å². The Bertz CT molecular complexity index is 293. The average Bonchev–Trinajstić information content (AvgIpc) is 2.61. The van der Waals surface area contributed by atoms with Gasteiger partial charge in [0.15, 0.2) is 0 Å². The molecule has 1 fully saturated rings. The van der Waals surface area contributed by atoms with Crippen LogP contribution in [-0.4, -0.2) is 24.9 Å². The average molecular weight is 369 g/mol. The van der Waals surface area contributed by atoms with Crippen LogP contribution in [0.5, 0.6) is 0 Å². The van der Waals surface area contributed by atoms with Crippen LogP contribution in [0.15, 0.2) is 0 Å². The van der Waals surface area contributed by atoms with E-state index in [1.54, 1.807) is 0 Å². The topological polar surface area (TPSA) is 18.5 Å². The zero-order valence-corrected chi connectivity index (χ0v) is 18.3. The lowest BCUT2D eigenvalue weighted by molar-refractivity contribution is -0.190. The lowest BCUT2D eigenvalue weighted by atomic mass is 9.93. The highest BCUT2D eigenvalue weighted by Crippen LogP contribution is 2.30. The molecule has 1 unspecified atom stereocenters. The molecule has 0 amide bonds. The predicted molar refractivity (Wildman–Crippen MR) is 114 cm³/mol. The fourth-order valence-corrected chi connectivity index (χ4v) is 3.89. The summed E-state index contributed by atoms with van der Waals surface area (Å²) in [4.78, 5) is 0. The largest absolute Gasteiger partial charge is 0.376 e. The third-order valence-corrected chi connectivity index (χ3v) is 6.21. The second kappa shape index (κ2) is 15.9. The second-order valence-electron chi connectivity index (χ2n) is 8.64. The number of hydrogen-bond acceptors (Lipinski definition) is 2. The third kappa shape index (κ3) is 11.6. The van der Waals surface area contributed by atoms with E-state index in [-0.39, 0.29) is 5.60 Å². The molecule has 0 spiro atoms. The lowest BCUT2D eigenvalue weighted by Gasteiger charge is -2.41. The van der Waals surface area contributed by atoms with E-state index in [0.717, 1.165) is 19.6 Å². The van der Waals surface area contributed by atoms with Crippen LogP contribution in [0.2, 0.25) is 0 Å². The first-order chi connectivity index (χ1) is 12.7. The summed E-state index contributed by atoms with van der Waals surface area (Å²) in [5.41, 5.74) is 0.0593. The smallest absolute Gasteiger partial charge is 0.0934 e. The highest BCUT2D eigenvalue weighted by Gasteiger charge is 2.37. The molecule has 0 saturated carbocycles. The van der Waals surface area contributed by atoms with Crippen molar-refractivity contribution in [3.8, 4) is 0 Å². The van der Waals surface area contributed by atoms with Crippen LogP contribution in [0.4, 0.5) is 0 Å². The van der Waals surface area contributed by atoms with Crippen LogP contribution in [0, 0.1) is 0 Å². The molecule has 0 aromatic carbocycles. The molecular formula is C24H48O2. The normalized spacial score (nSPS) is 20.9. The van der Waals surface area contributed by atoms with Crippen LogP contribution in [0.3, 0.4) is 0 Å². The number of unbranched alkanes of at least 4 members (excludes halogenated alkanes) is 13. The summed E-state index contributed by atoms with van der Waals surface area (Å²) >= 11 is 0. The van der Waals surface area contributed by atoms with Crippen molar-refractivity contribution in [2.45, 2.75) is 142 Å². The van der Waals surface area contributed by atoms with Crippen molar-refractivity contribution in [3.63, 3.8) is 0 Å². The van der Waals surface area contributed by atoms with Gasteiger partial charge in [0.05, 0.1) is 24.9 Å². The van der Waals surface area contributed by atoms with E-state index in [9.17, 15) is 0 Å². The Kier molecular flexibility index (Phi) is 14.7. The van der Waals surface area contributed by atoms with Gasteiger partial charge >= 0.3 is 0 Å². The van der Waals surface area contributed by atoms with Crippen LogP contribution in [0.1, 0.15) is 130 Å². The number of ether oxygens (including phenoxy) is 2. The molecule has 1 aliphatic heterocycles. The Balaban J connectivity index is 1.76. The van der Waals surface area contributed by atoms with E-state index in [2.05, 4.69) is 20.8 Å². The Hall–Kier alpha value is -0.0800. The Labute approximate surface area is 164 Å². The lowest BCUT2D eigenvalue weighted by Crippen LogP contribution is -2.47. The molecule has 2 atom stereocenters. The van der Waals surface area contributed by atoms with Crippen molar-refractivity contribution in [1.82, 2.24) is 0 Å². The van der Waals surface area contributed by atoms with E-state index >= 15 is 0 Å². The molecule has 1 aliphatic rings. The first kappa shape index (κ1) is 24.0. The summed E-state index contributed by atoms with van der Waals surface area (Å²) in [6, 6.07) is 0. The van der Waals surface area contributed by atoms with Gasteiger partial charge in [-0.05, 0) is 19.8 Å². The van der Waals surface area contributed by atoms with E-state index < -0.39 is 0 Å². The van der Waals surface area contributed by atoms with E-state index in [4.69, 9.17) is 9.47 Å². The summed E-state index contributed by atoms with van der Waals surface area (Å²) < 4.78 is 11.7. The molecule has 0 N–H and O–H groups in total. The molecule has 156 valence electrons. The van der Waals surface area contributed by atoms with Crippen molar-refractivity contribution >= 4 is 0 Å². The first-order valence-corrected chi connectivity index (χ1v) is 12.0. The highest BCUT2D eigenvalue weighted by molar-refractivity contribution is 4.86. The summed E-state index contributed by atoms with van der Waals surface area (Å²) in [7, 11) is 0. The Morgan fingerprint density at radius 1 is 0.769 bits per heavy atom. The molecular weight excluding hydrogens is 320 g/mol. The molecule has 1 saturated heterocycles. The predicted octanol–water partition coefficient (Wildman–Crippen LogP) is 7.83. The van der Waals surface area contributed by atoms with Crippen LogP contribution >= 0.6 is 0 Å². The molecule has 2 heteroatoms. The molecule has 1 rings (SSSR count). The zero-order valence-electron chi connectivity index (χ0n) is 18.3. The fourth-order valence-electron chi connectivity index (χ4n) is 3.89. The monoisotopic (exact) mass is 368 g/mol. The van der Waals surface area contributed by atoms with E-state index in [0.29, 0.717) is 6.10 Å². The van der Waals surface area contributed by atoms with Gasteiger partial charge < -0.3 is 9.47 Å². The van der Waals surface area contributed by atoms with Gasteiger partial charge in [0.1, 0.15) is 0 Å². The van der Waals surface area contributed by atoms with Crippen molar-refractivity contribution in [3.05, 3.63) is 0 Å². The molecule has 1 heterocycles. The first-order valence-electron chi connectivity index (χ1n) is 12.0. The highest BCUT2D eigenvalue weighted by atomic mass is 16.6. The maximum absolute atomic E-state index is 6.03. The van der Waals surface area contributed by atoms with Crippen LogP contribution < -0.4 is 0 Å². The van der Waals surface area contributed by atoms with Gasteiger partial charge in [0.25, 0.3) is 0 Å². The fraction of sp³-hybridized carbons (Fsp3) is 1.00. The second-order valence-corrected chi connectivity index (χ2v) is 8.64. The third-order valence-electron chi connectivity index (χ3n) is 6.21. The molecule has 0 aliphatic carbocycles. The van der Waals surface area contributed by atoms with E-state index in [1.807, 2.05) is 0 Å². The van der Waals surface area contributed by atoms with Gasteiger partial charge in [-0.2, -0.15) is 0 Å². The van der Waals surface area contributed by atoms with Gasteiger partial charge in [-0.1, -0.05) is 104 Å². The maximum atomic E-state index is 6.03. The molecule has 0 aromatic rings. The summed E-state index contributed by atoms with van der Waals surface area (Å²) in [6.45, 7) is 8.44. The van der Waals surface area contributed by atoms with Gasteiger partial charge in [0, 0.05) is 6.42 Å². The van der Waals surface area contributed by atoms with Crippen molar-refractivity contribution in [2.24, 2.45) is 0 Å². The quantitative estimate of drug-likeness (QED) is 0.216. The molecule has 2 nitrogen and oxygen atoms in total. The molecule has 0 bridgehead atoms. The molecule has 0 aromatic heterocycles. The number of hydrogen-bond donors (Lipinski definition) is 0. The summed E-state index contributed by atoms with van der Waals surface area (Å²) in [6.07, 6.45) is 23.8. The summed E-state index contributed by atoms with van der Waals surface area (Å²) in [5, 5.41) is 0. The van der Waals surface area contributed by atoms with E-state index in [1.165, 1.54) is 103 Å². The molecule has 0 radical (unpaired) electrons. The van der Waals surface area contributed by atoms with Crippen molar-refractivity contribution in [1.29, 1.82) is 0 Å². The van der Waals surface area contributed by atoms with Crippen LogP contribution in [0.25, 0.3) is 0 Å². The zero-order chi connectivity index (χ0) is 18.9. The van der Waals surface area contributed by atoms with Gasteiger partial charge in [-0.3, -0.25) is 0 Å². The van der Waals surface area contributed by atoms with Crippen molar-refractivity contribution < 1.29 is 9.47 Å². The minimum atomic E-state index is 0.0593. The Morgan fingerprint density at radius 3 is 1.62 bits per heavy atom. The minimum Gasteiger partial charge on any atom is -0.376 e. The minimum absolute atomic E-state index is 0.0593. The Morgan fingerprint density at radius 2 is 1.23 bits per heavy atom. The van der Waals surface area contributed by atoms with Gasteiger partial charge in [-0.15, -0.1) is 0 Å². The summed E-state index contributed by atoms with van der Waals surface area (Å²) in [5.74, 6) is 0. The SMILES string of the molecule is CCCCCCCCCCCCCCCCC(C)OC[C@]1(CC)CCO1. The maximum Gasteiger partial charge on any atom is 0.0934 e. The molecule has 26 heavy (non-hydrogen) atoms. The number of rotatable bonds is 19. The standard InChI is InChI=1S/C24H48O2/c1-4-6-7-8-9-10-11-12-13-14-15-16-17-18-19-23(3)25-22-24(5-2)20-21-26-24/h23H,4-22H2,1-3H3/t23?,24-/m0/s1. The van der Waals surface area contributed by atoms with Gasteiger partial charge in [-0.25, -0.2) is 0 Å².